The van der Waals surface area contributed by atoms with Gasteiger partial charge in [-0.1, -0.05) is 35.5 Å². The molecule has 1 aromatic carbocycles. The smallest absolute Gasteiger partial charge is 0.272 e. The topological polar surface area (TPSA) is 77.0 Å². The number of benzene rings is 1. The van der Waals surface area contributed by atoms with Crippen molar-refractivity contribution >= 4 is 5.91 Å². The molecule has 0 aliphatic carbocycles. The Morgan fingerprint density at radius 2 is 2.00 bits per heavy atom. The Hall–Kier alpha value is -2.96. The van der Waals surface area contributed by atoms with Crippen LogP contribution in [0, 0.1) is 0 Å². The quantitative estimate of drug-likeness (QED) is 0.730. The zero-order valence-corrected chi connectivity index (χ0v) is 13.9. The van der Waals surface area contributed by atoms with Gasteiger partial charge in [-0.25, -0.2) is 0 Å². The van der Waals surface area contributed by atoms with Crippen molar-refractivity contribution in [1.29, 1.82) is 0 Å². The third-order valence-electron chi connectivity index (χ3n) is 4.78. The molecule has 1 fully saturated rings. The molecule has 1 amide bonds. The van der Waals surface area contributed by atoms with E-state index in [0.29, 0.717) is 31.2 Å². The molecule has 25 heavy (non-hydrogen) atoms. The molecule has 2 atom stereocenters. The minimum absolute atomic E-state index is 0.00808. The summed E-state index contributed by atoms with van der Waals surface area (Å²) in [6, 6.07) is 12.0. The van der Waals surface area contributed by atoms with E-state index in [1.807, 2.05) is 30.0 Å². The minimum atomic E-state index is -0.00808. The first kappa shape index (κ1) is 15.6. The number of carbonyl (C=O) groups excluding carboxylic acids is 1. The van der Waals surface area contributed by atoms with E-state index in [0.717, 1.165) is 0 Å². The SMILES string of the molecule is CCn1nccc1C(=O)N1C[C@@H](c2ccccc2)[C@H](c2ncon2)C1. The maximum atomic E-state index is 13.0. The lowest BCUT2D eigenvalue weighted by Gasteiger charge is -2.17. The second kappa shape index (κ2) is 6.51. The van der Waals surface area contributed by atoms with Crippen LogP contribution in [0.4, 0.5) is 0 Å². The second-order valence-corrected chi connectivity index (χ2v) is 6.16. The average molecular weight is 337 g/mol. The van der Waals surface area contributed by atoms with Gasteiger partial charge >= 0.3 is 0 Å². The summed E-state index contributed by atoms with van der Waals surface area (Å²) in [6.45, 7) is 3.82. The van der Waals surface area contributed by atoms with Gasteiger partial charge in [-0.15, -0.1) is 0 Å². The minimum Gasteiger partial charge on any atom is -0.343 e. The monoisotopic (exact) mass is 337 g/mol. The van der Waals surface area contributed by atoms with Crippen LogP contribution < -0.4 is 0 Å². The Morgan fingerprint density at radius 1 is 1.20 bits per heavy atom. The summed E-state index contributed by atoms with van der Waals surface area (Å²) in [5.74, 6) is 0.795. The summed E-state index contributed by atoms with van der Waals surface area (Å²) >= 11 is 0. The Labute approximate surface area is 145 Å². The summed E-state index contributed by atoms with van der Waals surface area (Å²) in [6.07, 6.45) is 3.01. The van der Waals surface area contributed by atoms with Crippen LogP contribution in [-0.2, 0) is 6.54 Å². The van der Waals surface area contributed by atoms with Crippen LogP contribution in [0.2, 0.25) is 0 Å². The van der Waals surface area contributed by atoms with Crippen molar-refractivity contribution in [2.45, 2.75) is 25.3 Å². The lowest BCUT2D eigenvalue weighted by atomic mass is 9.88. The molecule has 0 spiro atoms. The van der Waals surface area contributed by atoms with E-state index < -0.39 is 0 Å². The molecule has 0 N–H and O–H groups in total. The predicted molar refractivity (Wildman–Crippen MR) is 90.0 cm³/mol. The van der Waals surface area contributed by atoms with E-state index in [-0.39, 0.29) is 17.7 Å². The van der Waals surface area contributed by atoms with E-state index in [1.165, 1.54) is 12.0 Å². The number of nitrogens with zero attached hydrogens (tertiary/aromatic N) is 5. The Kier molecular flexibility index (Phi) is 4.05. The van der Waals surface area contributed by atoms with E-state index in [4.69, 9.17) is 4.52 Å². The van der Waals surface area contributed by atoms with Crippen LogP contribution in [0.3, 0.4) is 0 Å². The number of hydrogen-bond acceptors (Lipinski definition) is 5. The van der Waals surface area contributed by atoms with Crippen LogP contribution in [-0.4, -0.2) is 43.8 Å². The van der Waals surface area contributed by atoms with E-state index in [2.05, 4.69) is 27.4 Å². The van der Waals surface area contributed by atoms with Gasteiger partial charge in [0.1, 0.15) is 5.69 Å². The lowest BCUT2D eigenvalue weighted by Crippen LogP contribution is -2.30. The fourth-order valence-corrected chi connectivity index (χ4v) is 3.54. The van der Waals surface area contributed by atoms with Crippen LogP contribution in [0.15, 0.2) is 53.5 Å². The summed E-state index contributed by atoms with van der Waals surface area (Å²) in [4.78, 5) is 19.1. The maximum Gasteiger partial charge on any atom is 0.272 e. The third kappa shape index (κ3) is 2.82. The molecule has 1 aliphatic rings. The number of rotatable bonds is 4. The molecular weight excluding hydrogens is 318 g/mol. The third-order valence-corrected chi connectivity index (χ3v) is 4.78. The molecule has 3 heterocycles. The number of hydrogen-bond donors (Lipinski definition) is 0. The highest BCUT2D eigenvalue weighted by Gasteiger charge is 2.40. The van der Waals surface area contributed by atoms with Gasteiger partial charge in [-0.2, -0.15) is 10.1 Å². The van der Waals surface area contributed by atoms with E-state index in [1.54, 1.807) is 16.9 Å². The molecule has 1 aliphatic heterocycles. The van der Waals surface area contributed by atoms with Crippen LogP contribution in [0.5, 0.6) is 0 Å². The Bertz CT molecular complexity index is 844. The van der Waals surface area contributed by atoms with E-state index >= 15 is 0 Å². The van der Waals surface area contributed by atoms with Crippen molar-refractivity contribution in [2.24, 2.45) is 0 Å². The van der Waals surface area contributed by atoms with Crippen molar-refractivity contribution in [1.82, 2.24) is 24.8 Å². The van der Waals surface area contributed by atoms with Crippen molar-refractivity contribution in [3.05, 3.63) is 66.1 Å². The number of aryl methyl sites for hydroxylation is 1. The first-order valence-corrected chi connectivity index (χ1v) is 8.40. The molecule has 0 saturated carbocycles. The highest BCUT2D eigenvalue weighted by molar-refractivity contribution is 5.92. The molecule has 4 rings (SSSR count). The average Bonchev–Trinajstić information content (AvgIpc) is 3.41. The van der Waals surface area contributed by atoms with Gasteiger partial charge in [-0.3, -0.25) is 9.48 Å². The first-order valence-electron chi connectivity index (χ1n) is 8.40. The summed E-state index contributed by atoms with van der Waals surface area (Å²) in [7, 11) is 0. The summed E-state index contributed by atoms with van der Waals surface area (Å²) in [5, 5.41) is 8.23. The Morgan fingerprint density at radius 3 is 2.72 bits per heavy atom. The molecule has 3 aromatic rings. The molecule has 0 radical (unpaired) electrons. The van der Waals surface area contributed by atoms with Crippen molar-refractivity contribution < 1.29 is 9.32 Å². The predicted octanol–water partition coefficient (Wildman–Crippen LogP) is 2.31. The van der Waals surface area contributed by atoms with Gasteiger partial charge in [0, 0.05) is 37.7 Å². The van der Waals surface area contributed by atoms with Gasteiger partial charge in [-0.05, 0) is 18.6 Å². The van der Waals surface area contributed by atoms with Gasteiger partial charge in [0.2, 0.25) is 6.39 Å². The standard InChI is InChI=1S/C18H19N5O2/c1-2-23-16(8-9-20-23)18(24)22-10-14(13-6-4-3-5-7-13)15(11-22)17-19-12-25-21-17/h3-9,12,14-15H,2,10-11H2,1H3/t14-,15+/m0/s1. The summed E-state index contributed by atoms with van der Waals surface area (Å²) < 4.78 is 6.66. The van der Waals surface area contributed by atoms with Crippen molar-refractivity contribution in [3.63, 3.8) is 0 Å². The number of aromatic nitrogens is 4. The Balaban J connectivity index is 1.65. The fraction of sp³-hybridized carbons (Fsp3) is 0.333. The van der Waals surface area contributed by atoms with Crippen molar-refractivity contribution in [2.75, 3.05) is 13.1 Å². The largest absolute Gasteiger partial charge is 0.343 e. The molecule has 0 unspecified atom stereocenters. The highest BCUT2D eigenvalue weighted by Crippen LogP contribution is 2.38. The fourth-order valence-electron chi connectivity index (χ4n) is 3.54. The van der Waals surface area contributed by atoms with Gasteiger partial charge in [0.25, 0.3) is 5.91 Å². The normalized spacial score (nSPS) is 20.1. The van der Waals surface area contributed by atoms with Crippen molar-refractivity contribution in [3.8, 4) is 0 Å². The van der Waals surface area contributed by atoms with Gasteiger partial charge in [0.05, 0.1) is 0 Å². The van der Waals surface area contributed by atoms with Crippen LogP contribution in [0.1, 0.15) is 40.6 Å². The van der Waals surface area contributed by atoms with E-state index in [9.17, 15) is 4.79 Å². The van der Waals surface area contributed by atoms with Crippen LogP contribution >= 0.6 is 0 Å². The second-order valence-electron chi connectivity index (χ2n) is 6.16. The van der Waals surface area contributed by atoms with Gasteiger partial charge < -0.3 is 9.42 Å². The number of likely N-dealkylation sites (tertiary alicyclic amines) is 1. The zero-order valence-electron chi connectivity index (χ0n) is 13.9. The molecule has 7 heteroatoms. The molecule has 1 saturated heterocycles. The lowest BCUT2D eigenvalue weighted by molar-refractivity contribution is 0.0776. The molecule has 7 nitrogen and oxygen atoms in total. The molecular formula is C18H19N5O2. The molecule has 2 aromatic heterocycles. The number of amides is 1. The molecule has 128 valence electrons. The maximum absolute atomic E-state index is 13.0. The highest BCUT2D eigenvalue weighted by atomic mass is 16.5. The van der Waals surface area contributed by atoms with Gasteiger partial charge in [0.15, 0.2) is 5.82 Å². The summed E-state index contributed by atoms with van der Waals surface area (Å²) in [5.41, 5.74) is 1.79. The molecule has 0 bridgehead atoms. The number of carbonyl (C=O) groups is 1. The zero-order chi connectivity index (χ0) is 17.2. The van der Waals surface area contributed by atoms with Crippen LogP contribution in [0.25, 0.3) is 0 Å². The first-order chi connectivity index (χ1) is 12.3.